The largest absolute Gasteiger partial charge is 0.507 e. The molecule has 0 radical (unpaired) electrons. The molecule has 0 aromatic heterocycles. The molecule has 0 unspecified atom stereocenters. The van der Waals surface area contributed by atoms with Crippen molar-refractivity contribution in [3.8, 4) is 51.7 Å². The lowest BCUT2D eigenvalue weighted by molar-refractivity contribution is -0.558. The van der Waals surface area contributed by atoms with E-state index in [0.29, 0.717) is 16.8 Å². The first-order valence-corrected chi connectivity index (χ1v) is 10.9. The molecule has 4 heteroatoms. The van der Waals surface area contributed by atoms with Crippen molar-refractivity contribution in [1.82, 2.24) is 0 Å². The zero-order chi connectivity index (χ0) is 24.5. The maximum atomic E-state index is 14.1. The molecular weight excluding hydrogens is 411 g/mol. The summed E-state index contributed by atoms with van der Waals surface area (Å²) in [5.41, 5.74) is 11.3. The molecule has 0 aliphatic heterocycles. The van der Waals surface area contributed by atoms with Crippen LogP contribution in [-0.2, 0) is 0 Å². The van der Waals surface area contributed by atoms with Gasteiger partial charge in [0.2, 0.25) is 0 Å². The van der Waals surface area contributed by atoms with Crippen molar-refractivity contribution in [2.24, 2.45) is 0 Å². The van der Waals surface area contributed by atoms with Gasteiger partial charge in [0.15, 0.2) is 11.5 Å². The summed E-state index contributed by atoms with van der Waals surface area (Å²) in [7, 11) is 0. The number of halogens is 1. The quantitative estimate of drug-likeness (QED) is 0.388. The molecule has 0 aliphatic rings. The lowest BCUT2D eigenvalue weighted by atomic mass is 9.86. The molecule has 6 N–H and O–H groups in total. The molecule has 3 nitrogen and oxygen atoms in total. The second kappa shape index (κ2) is 11.9. The van der Waals surface area contributed by atoms with Gasteiger partial charge in [0.1, 0.15) is 18.0 Å². The van der Waals surface area contributed by atoms with Crippen molar-refractivity contribution in [2.75, 3.05) is 6.54 Å². The minimum absolute atomic E-state index is 0.188. The number of hydrogen-bond donors (Lipinski definition) is 3. The zero-order valence-electron chi connectivity index (χ0n) is 20.4. The number of quaternary nitrogens is 2. The van der Waals surface area contributed by atoms with Crippen LogP contribution >= 0.6 is 0 Å². The summed E-state index contributed by atoms with van der Waals surface area (Å²) >= 11 is 0. The van der Waals surface area contributed by atoms with Crippen LogP contribution in [0.25, 0.3) is 22.3 Å². The average molecular weight is 445 g/mol. The topological polar surface area (TPSA) is 64.5 Å². The fourth-order valence-electron chi connectivity index (χ4n) is 3.69. The molecule has 33 heavy (non-hydrogen) atoms. The molecule has 0 spiro atoms. The van der Waals surface area contributed by atoms with E-state index in [2.05, 4.69) is 59.0 Å². The Morgan fingerprint density at radius 3 is 1.94 bits per heavy atom. The molecule has 3 aromatic carbocycles. The summed E-state index contributed by atoms with van der Waals surface area (Å²) in [6.45, 7) is 12.1. The maximum Gasteiger partial charge on any atom is 0.184 e. The Kier molecular flexibility index (Phi) is 9.25. The summed E-state index contributed by atoms with van der Waals surface area (Å²) < 4.78 is 14.1. The number of phenols is 1. The van der Waals surface area contributed by atoms with Crippen LogP contribution in [0.4, 0.5) is 15.8 Å². The standard InChI is InChI=1S/C25H25FN2O.C4H6/c1-5-6-13-28-20-10-7-18(8-11-20)23-15(2)16(3)24(25(29)17(23)4)19-9-12-22(27)21(26)14-19;1-3-4-2/h7-12,14,28-29H,13,27H2,1-4H3;1-2H3/p+2. The molecule has 3 rings (SSSR count). The molecule has 0 atom stereocenters. The molecule has 0 aliphatic carbocycles. The van der Waals surface area contributed by atoms with Gasteiger partial charge in [0, 0.05) is 11.6 Å². The Hall–Kier alpha value is -3.57. The first kappa shape index (κ1) is 25.7. The second-order valence-corrected chi connectivity index (χ2v) is 7.74. The molecule has 0 amide bonds. The SMILES string of the molecule is CC#CC.CC#CC[NH2+]c1ccc(-c2c(C)c(C)c(-c3ccc([NH3+])c(F)c3)c(O)c2C)cc1. The third-order valence-corrected chi connectivity index (χ3v) is 5.69. The number of hydrogen-bond acceptors (Lipinski definition) is 1. The number of rotatable bonds is 4. The predicted octanol–water partition coefficient (Wildman–Crippen LogP) is 4.91. The van der Waals surface area contributed by atoms with E-state index in [1.807, 2.05) is 41.5 Å². The van der Waals surface area contributed by atoms with E-state index in [1.54, 1.807) is 12.1 Å². The van der Waals surface area contributed by atoms with E-state index in [-0.39, 0.29) is 11.6 Å². The highest BCUT2D eigenvalue weighted by Gasteiger charge is 2.20. The van der Waals surface area contributed by atoms with E-state index in [9.17, 15) is 9.50 Å². The van der Waals surface area contributed by atoms with Crippen molar-refractivity contribution < 1.29 is 20.5 Å². The molecule has 0 saturated heterocycles. The van der Waals surface area contributed by atoms with Gasteiger partial charge in [0.25, 0.3) is 0 Å². The number of aromatic hydroxyl groups is 1. The summed E-state index contributed by atoms with van der Waals surface area (Å²) in [4.78, 5) is 0. The van der Waals surface area contributed by atoms with Gasteiger partial charge in [-0.2, -0.15) is 0 Å². The number of benzene rings is 3. The van der Waals surface area contributed by atoms with Gasteiger partial charge in [-0.05, 0) is 117 Å². The van der Waals surface area contributed by atoms with Crippen LogP contribution in [-0.4, -0.2) is 11.7 Å². The maximum absolute atomic E-state index is 14.1. The second-order valence-electron chi connectivity index (χ2n) is 7.74. The van der Waals surface area contributed by atoms with E-state index in [0.717, 1.165) is 40.0 Å². The first-order valence-electron chi connectivity index (χ1n) is 10.9. The molecule has 0 fully saturated rings. The monoisotopic (exact) mass is 444 g/mol. The Bertz CT molecular complexity index is 1220. The summed E-state index contributed by atoms with van der Waals surface area (Å²) in [6.07, 6.45) is 0. The van der Waals surface area contributed by atoms with Gasteiger partial charge in [0.05, 0.1) is 0 Å². The van der Waals surface area contributed by atoms with Crippen LogP contribution < -0.4 is 11.1 Å². The normalized spacial score (nSPS) is 9.70. The van der Waals surface area contributed by atoms with Gasteiger partial charge in [-0.3, -0.25) is 0 Å². The lowest BCUT2D eigenvalue weighted by Crippen LogP contribution is -2.77. The highest BCUT2D eigenvalue weighted by atomic mass is 19.1. The van der Waals surface area contributed by atoms with Crippen LogP contribution in [0.15, 0.2) is 42.5 Å². The molecular formula is C29H33FN2O+2. The molecule has 0 heterocycles. The fourth-order valence-corrected chi connectivity index (χ4v) is 3.69. The van der Waals surface area contributed by atoms with Gasteiger partial charge in [-0.15, -0.1) is 17.8 Å². The number of phenolic OH excluding ortho intramolecular Hbond substituents is 1. The van der Waals surface area contributed by atoms with Crippen LogP contribution in [0.5, 0.6) is 5.75 Å². The van der Waals surface area contributed by atoms with Crippen molar-refractivity contribution >= 4 is 11.4 Å². The highest BCUT2D eigenvalue weighted by molar-refractivity contribution is 5.85. The lowest BCUT2D eigenvalue weighted by Gasteiger charge is -2.20. The molecule has 0 saturated carbocycles. The van der Waals surface area contributed by atoms with Crippen LogP contribution in [0.3, 0.4) is 0 Å². The van der Waals surface area contributed by atoms with E-state index < -0.39 is 0 Å². The number of nitrogens with two attached hydrogens (primary N) is 1. The Labute approximate surface area is 196 Å². The summed E-state index contributed by atoms with van der Waals surface area (Å²) in [6, 6.07) is 13.1. The molecule has 170 valence electrons. The Balaban J connectivity index is 0.000000890. The molecule has 3 aromatic rings. The first-order chi connectivity index (χ1) is 15.8. The van der Waals surface area contributed by atoms with Crippen molar-refractivity contribution in [3.63, 3.8) is 0 Å². The van der Waals surface area contributed by atoms with Gasteiger partial charge >= 0.3 is 0 Å². The van der Waals surface area contributed by atoms with Crippen LogP contribution in [0.1, 0.15) is 37.5 Å². The van der Waals surface area contributed by atoms with E-state index >= 15 is 0 Å². The minimum Gasteiger partial charge on any atom is -0.507 e. The predicted molar refractivity (Wildman–Crippen MR) is 135 cm³/mol. The summed E-state index contributed by atoms with van der Waals surface area (Å²) in [5, 5.41) is 13.1. The minimum atomic E-state index is -0.375. The van der Waals surface area contributed by atoms with E-state index in [1.165, 1.54) is 6.07 Å². The van der Waals surface area contributed by atoms with Crippen LogP contribution in [0, 0.1) is 50.3 Å². The van der Waals surface area contributed by atoms with Crippen molar-refractivity contribution in [3.05, 3.63) is 65.0 Å². The molecule has 0 bridgehead atoms. The Morgan fingerprint density at radius 2 is 1.39 bits per heavy atom. The van der Waals surface area contributed by atoms with Gasteiger partial charge in [-0.1, -0.05) is 0 Å². The fraction of sp³-hybridized carbons (Fsp3) is 0.241. The van der Waals surface area contributed by atoms with Crippen molar-refractivity contribution in [1.29, 1.82) is 0 Å². The highest BCUT2D eigenvalue weighted by Crippen LogP contribution is 2.43. The zero-order valence-corrected chi connectivity index (χ0v) is 20.4. The smallest absolute Gasteiger partial charge is 0.184 e. The summed E-state index contributed by atoms with van der Waals surface area (Å²) in [5.74, 6) is 11.1. The van der Waals surface area contributed by atoms with Crippen molar-refractivity contribution in [2.45, 2.75) is 41.5 Å². The third kappa shape index (κ3) is 6.02. The van der Waals surface area contributed by atoms with Crippen LogP contribution in [0.2, 0.25) is 0 Å². The Morgan fingerprint density at radius 1 is 0.818 bits per heavy atom. The van der Waals surface area contributed by atoms with Gasteiger partial charge in [-0.25, -0.2) is 4.39 Å². The van der Waals surface area contributed by atoms with Gasteiger partial charge < -0.3 is 16.2 Å². The third-order valence-electron chi connectivity index (χ3n) is 5.69. The van der Waals surface area contributed by atoms with E-state index in [4.69, 9.17) is 0 Å². The average Bonchev–Trinajstić information content (AvgIpc) is 2.81.